The van der Waals surface area contributed by atoms with Crippen LogP contribution in [-0.4, -0.2) is 49.5 Å². The molecule has 152 valence electrons. The van der Waals surface area contributed by atoms with E-state index in [9.17, 15) is 5.11 Å². The third-order valence-electron chi connectivity index (χ3n) is 6.17. The largest absolute Gasteiger partial charge is 0.496 e. The normalized spacial score (nSPS) is 17.8. The molecule has 1 aliphatic heterocycles. The lowest BCUT2D eigenvalue weighted by atomic mass is 9.76. The molecule has 1 N–H and O–H groups in total. The van der Waals surface area contributed by atoms with Crippen LogP contribution in [0.1, 0.15) is 31.7 Å². The first-order chi connectivity index (χ1) is 13.7. The van der Waals surface area contributed by atoms with E-state index in [2.05, 4.69) is 24.0 Å². The standard InChI is InChI=1S/C24H33NO3/c1-20(18-21-8-6-7-11-23(21)27-2)25-15-12-24(19-26,13-16-25)14-17-28-22-9-4-3-5-10-22/h3-11,20,26H,12-19H2,1-2H3/t20-/m0/s1. The monoisotopic (exact) mass is 383 g/mol. The first-order valence-corrected chi connectivity index (χ1v) is 10.3. The zero-order valence-corrected chi connectivity index (χ0v) is 17.1. The van der Waals surface area contributed by atoms with Crippen molar-refractivity contribution in [3.8, 4) is 11.5 Å². The fourth-order valence-electron chi connectivity index (χ4n) is 4.15. The number of hydrogen-bond donors (Lipinski definition) is 1. The smallest absolute Gasteiger partial charge is 0.122 e. The number of nitrogens with zero attached hydrogens (tertiary/aromatic N) is 1. The zero-order valence-electron chi connectivity index (χ0n) is 17.1. The quantitative estimate of drug-likeness (QED) is 0.706. The van der Waals surface area contributed by atoms with Crippen LogP contribution in [0.3, 0.4) is 0 Å². The van der Waals surface area contributed by atoms with Crippen LogP contribution >= 0.6 is 0 Å². The van der Waals surface area contributed by atoms with Crippen LogP contribution in [0.2, 0.25) is 0 Å². The molecule has 0 spiro atoms. The fraction of sp³-hybridized carbons (Fsp3) is 0.500. The van der Waals surface area contributed by atoms with Crippen molar-refractivity contribution in [1.29, 1.82) is 0 Å². The van der Waals surface area contributed by atoms with E-state index in [0.29, 0.717) is 12.6 Å². The Morgan fingerprint density at radius 3 is 2.39 bits per heavy atom. The van der Waals surface area contributed by atoms with Crippen LogP contribution in [0.4, 0.5) is 0 Å². The van der Waals surface area contributed by atoms with Crippen molar-refractivity contribution in [2.24, 2.45) is 5.41 Å². The Labute approximate surface area is 169 Å². The molecule has 3 rings (SSSR count). The van der Waals surface area contributed by atoms with Crippen molar-refractivity contribution in [2.45, 2.75) is 38.6 Å². The Hall–Kier alpha value is -2.04. The number of rotatable bonds is 9. The summed E-state index contributed by atoms with van der Waals surface area (Å²) < 4.78 is 11.4. The van der Waals surface area contributed by atoms with Crippen LogP contribution in [0.25, 0.3) is 0 Å². The Balaban J connectivity index is 1.50. The van der Waals surface area contributed by atoms with Crippen molar-refractivity contribution < 1.29 is 14.6 Å². The van der Waals surface area contributed by atoms with Gasteiger partial charge in [-0.3, -0.25) is 0 Å². The predicted octanol–water partition coefficient (Wildman–Crippen LogP) is 4.17. The Bertz CT molecular complexity index is 711. The third kappa shape index (κ3) is 5.27. The highest BCUT2D eigenvalue weighted by Gasteiger charge is 2.35. The summed E-state index contributed by atoms with van der Waals surface area (Å²) in [5.41, 5.74) is 1.24. The SMILES string of the molecule is COc1ccccc1C[C@H](C)N1CCC(CO)(CCOc2ccccc2)CC1. The average molecular weight is 384 g/mol. The molecule has 2 aromatic carbocycles. The van der Waals surface area contributed by atoms with Gasteiger partial charge in [0.05, 0.1) is 13.7 Å². The molecule has 0 unspecified atom stereocenters. The van der Waals surface area contributed by atoms with E-state index in [1.54, 1.807) is 7.11 Å². The van der Waals surface area contributed by atoms with Crippen LogP contribution < -0.4 is 9.47 Å². The van der Waals surface area contributed by atoms with Gasteiger partial charge in [-0.25, -0.2) is 0 Å². The number of ether oxygens (including phenoxy) is 2. The van der Waals surface area contributed by atoms with E-state index in [0.717, 1.165) is 50.3 Å². The van der Waals surface area contributed by atoms with E-state index >= 15 is 0 Å². The highest BCUT2D eigenvalue weighted by Crippen LogP contribution is 2.36. The molecule has 0 amide bonds. The van der Waals surface area contributed by atoms with Crippen molar-refractivity contribution in [1.82, 2.24) is 4.90 Å². The third-order valence-corrected chi connectivity index (χ3v) is 6.17. The maximum Gasteiger partial charge on any atom is 0.122 e. The summed E-state index contributed by atoms with van der Waals surface area (Å²) in [6.07, 6.45) is 3.90. The maximum atomic E-state index is 10.1. The predicted molar refractivity (Wildman–Crippen MR) is 113 cm³/mol. The van der Waals surface area contributed by atoms with Gasteiger partial charge in [0, 0.05) is 12.6 Å². The zero-order chi connectivity index (χ0) is 19.8. The van der Waals surface area contributed by atoms with Crippen LogP contribution in [0, 0.1) is 5.41 Å². The maximum absolute atomic E-state index is 10.1. The topological polar surface area (TPSA) is 41.9 Å². The van der Waals surface area contributed by atoms with Crippen molar-refractivity contribution in [3.63, 3.8) is 0 Å². The molecule has 0 aromatic heterocycles. The molecule has 0 aliphatic carbocycles. The number of hydrogen-bond acceptors (Lipinski definition) is 4. The van der Waals surface area contributed by atoms with Gasteiger partial charge in [0.1, 0.15) is 11.5 Å². The molecule has 1 heterocycles. The van der Waals surface area contributed by atoms with Crippen LogP contribution in [0.5, 0.6) is 11.5 Å². The van der Waals surface area contributed by atoms with Gasteiger partial charge in [-0.1, -0.05) is 36.4 Å². The minimum atomic E-state index is -0.0184. The molecular formula is C24H33NO3. The molecule has 2 aromatic rings. The van der Waals surface area contributed by atoms with Gasteiger partial charge in [0.25, 0.3) is 0 Å². The minimum Gasteiger partial charge on any atom is -0.496 e. The van der Waals surface area contributed by atoms with Gasteiger partial charge in [-0.2, -0.15) is 0 Å². The summed E-state index contributed by atoms with van der Waals surface area (Å²) in [4.78, 5) is 2.54. The highest BCUT2D eigenvalue weighted by atomic mass is 16.5. The number of aliphatic hydroxyl groups is 1. The van der Waals surface area contributed by atoms with E-state index in [-0.39, 0.29) is 12.0 Å². The molecule has 4 heteroatoms. The first kappa shape index (κ1) is 20.7. The van der Waals surface area contributed by atoms with Crippen LogP contribution in [0.15, 0.2) is 54.6 Å². The summed E-state index contributed by atoms with van der Waals surface area (Å²) in [5, 5.41) is 10.1. The molecule has 1 saturated heterocycles. The Kier molecular flexibility index (Phi) is 7.35. The molecular weight excluding hydrogens is 350 g/mol. The summed E-state index contributed by atoms with van der Waals surface area (Å²) in [6, 6.07) is 18.6. The van der Waals surface area contributed by atoms with Crippen molar-refractivity contribution in [3.05, 3.63) is 60.2 Å². The lowest BCUT2D eigenvalue weighted by molar-refractivity contribution is 0.0151. The van der Waals surface area contributed by atoms with Gasteiger partial charge < -0.3 is 19.5 Å². The molecule has 0 saturated carbocycles. The summed E-state index contributed by atoms with van der Waals surface area (Å²) in [6.45, 7) is 5.21. The molecule has 1 aliphatic rings. The van der Waals surface area contributed by atoms with E-state index < -0.39 is 0 Å². The summed E-state index contributed by atoms with van der Waals surface area (Å²) >= 11 is 0. The van der Waals surface area contributed by atoms with Gasteiger partial charge in [-0.15, -0.1) is 0 Å². The average Bonchev–Trinajstić information content (AvgIpc) is 2.75. The number of methoxy groups -OCH3 is 1. The van der Waals surface area contributed by atoms with Gasteiger partial charge in [0.2, 0.25) is 0 Å². The van der Waals surface area contributed by atoms with E-state index in [4.69, 9.17) is 9.47 Å². The molecule has 4 nitrogen and oxygen atoms in total. The fourth-order valence-corrected chi connectivity index (χ4v) is 4.15. The number of aliphatic hydroxyl groups excluding tert-OH is 1. The van der Waals surface area contributed by atoms with Crippen molar-refractivity contribution >= 4 is 0 Å². The number of para-hydroxylation sites is 2. The van der Waals surface area contributed by atoms with Gasteiger partial charge >= 0.3 is 0 Å². The molecule has 28 heavy (non-hydrogen) atoms. The highest BCUT2D eigenvalue weighted by molar-refractivity contribution is 5.33. The van der Waals surface area contributed by atoms with E-state index in [1.807, 2.05) is 42.5 Å². The minimum absolute atomic E-state index is 0.0184. The summed E-state index contributed by atoms with van der Waals surface area (Å²) in [7, 11) is 1.73. The number of piperidine rings is 1. The second kappa shape index (κ2) is 9.94. The second-order valence-corrected chi connectivity index (χ2v) is 7.97. The second-order valence-electron chi connectivity index (χ2n) is 7.97. The lowest BCUT2D eigenvalue weighted by Gasteiger charge is -2.43. The molecule has 0 bridgehead atoms. The first-order valence-electron chi connectivity index (χ1n) is 10.3. The molecule has 1 atom stereocenters. The molecule has 1 fully saturated rings. The summed E-state index contributed by atoms with van der Waals surface area (Å²) in [5.74, 6) is 1.87. The van der Waals surface area contributed by atoms with Gasteiger partial charge in [0.15, 0.2) is 0 Å². The van der Waals surface area contributed by atoms with Crippen molar-refractivity contribution in [2.75, 3.05) is 33.4 Å². The van der Waals surface area contributed by atoms with E-state index in [1.165, 1.54) is 5.56 Å². The Morgan fingerprint density at radius 1 is 1.04 bits per heavy atom. The van der Waals surface area contributed by atoms with Crippen LogP contribution in [-0.2, 0) is 6.42 Å². The number of benzene rings is 2. The molecule has 0 radical (unpaired) electrons. The lowest BCUT2D eigenvalue weighted by Crippen LogP contribution is -2.46. The number of likely N-dealkylation sites (tertiary alicyclic amines) is 1. The van der Waals surface area contributed by atoms with Gasteiger partial charge in [-0.05, 0) is 74.9 Å². The Morgan fingerprint density at radius 2 is 1.71 bits per heavy atom.